The second-order valence-corrected chi connectivity index (χ2v) is 6.79. The lowest BCUT2D eigenvalue weighted by Gasteiger charge is -2.09. The van der Waals surface area contributed by atoms with E-state index in [1.165, 1.54) is 0 Å². The molecule has 0 atom stereocenters. The molecule has 0 spiro atoms. The van der Waals surface area contributed by atoms with Gasteiger partial charge < -0.3 is 14.6 Å². The molecule has 0 saturated heterocycles. The van der Waals surface area contributed by atoms with Gasteiger partial charge in [0.1, 0.15) is 11.6 Å². The summed E-state index contributed by atoms with van der Waals surface area (Å²) < 4.78 is 7.43. The molecule has 0 aliphatic carbocycles. The fraction of sp³-hybridized carbons (Fsp3) is 0.273. The highest BCUT2D eigenvalue weighted by Crippen LogP contribution is 2.27. The zero-order chi connectivity index (χ0) is 18.6. The minimum atomic E-state index is 0.0153. The number of aryl methyl sites for hydroxylation is 2. The van der Waals surface area contributed by atoms with E-state index in [-0.39, 0.29) is 5.91 Å². The van der Waals surface area contributed by atoms with Crippen molar-refractivity contribution in [3.05, 3.63) is 66.1 Å². The minimum absolute atomic E-state index is 0.0153. The molecule has 0 unspecified atom stereocenters. The number of benzene rings is 2. The van der Waals surface area contributed by atoms with Gasteiger partial charge >= 0.3 is 0 Å². The van der Waals surface area contributed by atoms with Gasteiger partial charge in [0.05, 0.1) is 19.0 Å². The number of anilines is 1. The summed E-state index contributed by atoms with van der Waals surface area (Å²) in [6.07, 6.45) is 5.27. The molecule has 0 fully saturated rings. The van der Waals surface area contributed by atoms with Gasteiger partial charge in [0, 0.05) is 30.6 Å². The van der Waals surface area contributed by atoms with E-state index >= 15 is 0 Å². The number of carbonyl (C=O) groups is 1. The molecule has 1 aliphatic heterocycles. The number of carbonyl (C=O) groups excluding carboxylic acids is 1. The van der Waals surface area contributed by atoms with Crippen molar-refractivity contribution in [3.8, 4) is 17.0 Å². The van der Waals surface area contributed by atoms with Crippen LogP contribution in [0, 0.1) is 0 Å². The van der Waals surface area contributed by atoms with Crippen LogP contribution in [-0.2, 0) is 24.2 Å². The molecule has 2 heterocycles. The van der Waals surface area contributed by atoms with E-state index in [0.717, 1.165) is 53.5 Å². The molecule has 1 N–H and O–H groups in total. The van der Waals surface area contributed by atoms with Crippen LogP contribution in [-0.4, -0.2) is 22.6 Å². The first-order chi connectivity index (χ1) is 13.2. The molecule has 0 saturated carbocycles. The Kier molecular flexibility index (Phi) is 4.92. The van der Waals surface area contributed by atoms with Gasteiger partial charge in [0.2, 0.25) is 5.91 Å². The average Bonchev–Trinajstić information content (AvgIpc) is 3.31. The summed E-state index contributed by atoms with van der Waals surface area (Å²) in [5, 5.41) is 3.01. The second-order valence-electron chi connectivity index (χ2n) is 6.79. The van der Waals surface area contributed by atoms with Crippen molar-refractivity contribution in [1.82, 2.24) is 9.55 Å². The van der Waals surface area contributed by atoms with E-state index in [9.17, 15) is 4.79 Å². The highest BCUT2D eigenvalue weighted by atomic mass is 16.5. The van der Waals surface area contributed by atoms with Gasteiger partial charge in [-0.2, -0.15) is 0 Å². The molecule has 5 heteroatoms. The molecule has 0 radical (unpaired) electrons. The van der Waals surface area contributed by atoms with E-state index in [2.05, 4.69) is 20.9 Å². The monoisotopic (exact) mass is 361 g/mol. The first-order valence-corrected chi connectivity index (χ1v) is 9.30. The quantitative estimate of drug-likeness (QED) is 0.720. The van der Waals surface area contributed by atoms with Gasteiger partial charge in [0.25, 0.3) is 0 Å². The summed E-state index contributed by atoms with van der Waals surface area (Å²) in [6, 6.07) is 15.8. The van der Waals surface area contributed by atoms with Gasteiger partial charge in [-0.3, -0.25) is 4.79 Å². The van der Waals surface area contributed by atoms with Crippen molar-refractivity contribution >= 4 is 11.6 Å². The second kappa shape index (κ2) is 7.66. The largest absolute Gasteiger partial charge is 0.497 e. The van der Waals surface area contributed by atoms with Crippen molar-refractivity contribution in [3.63, 3.8) is 0 Å². The number of rotatable bonds is 6. The lowest BCUT2D eigenvalue weighted by Crippen LogP contribution is -2.12. The molecule has 4 rings (SSSR count). The zero-order valence-corrected chi connectivity index (χ0v) is 15.4. The Morgan fingerprint density at radius 3 is 2.89 bits per heavy atom. The number of nitrogens with zero attached hydrogens (tertiary/aromatic N) is 2. The molecule has 138 valence electrons. The Morgan fingerprint density at radius 1 is 1.22 bits per heavy atom. The number of aromatic nitrogens is 2. The summed E-state index contributed by atoms with van der Waals surface area (Å²) in [5.41, 5.74) is 4.15. The number of methoxy groups -OCH3 is 1. The van der Waals surface area contributed by atoms with E-state index in [1.54, 1.807) is 7.11 Å². The summed E-state index contributed by atoms with van der Waals surface area (Å²) >= 11 is 0. The maximum absolute atomic E-state index is 12.3. The van der Waals surface area contributed by atoms with Crippen LogP contribution in [0.1, 0.15) is 24.2 Å². The van der Waals surface area contributed by atoms with Crippen molar-refractivity contribution in [2.75, 3.05) is 12.4 Å². The first-order valence-electron chi connectivity index (χ1n) is 9.30. The van der Waals surface area contributed by atoms with Crippen molar-refractivity contribution in [1.29, 1.82) is 0 Å². The van der Waals surface area contributed by atoms with Crippen molar-refractivity contribution < 1.29 is 9.53 Å². The summed E-state index contributed by atoms with van der Waals surface area (Å²) in [4.78, 5) is 16.8. The first kappa shape index (κ1) is 17.3. The number of nitrogens with one attached hydrogen (secondary N) is 1. The molecule has 2 aromatic carbocycles. The van der Waals surface area contributed by atoms with Gasteiger partial charge in [-0.15, -0.1) is 0 Å². The molecule has 5 nitrogen and oxygen atoms in total. The predicted molar refractivity (Wildman–Crippen MR) is 106 cm³/mol. The Hall–Kier alpha value is -3.08. The Morgan fingerprint density at radius 2 is 2.07 bits per heavy atom. The Balaban J connectivity index is 1.39. The van der Waals surface area contributed by atoms with Crippen LogP contribution >= 0.6 is 0 Å². The van der Waals surface area contributed by atoms with E-state index in [4.69, 9.17) is 4.74 Å². The van der Waals surface area contributed by atoms with E-state index < -0.39 is 0 Å². The van der Waals surface area contributed by atoms with Gasteiger partial charge in [0.15, 0.2) is 0 Å². The van der Waals surface area contributed by atoms with Gasteiger partial charge in [-0.1, -0.05) is 24.3 Å². The third-order valence-corrected chi connectivity index (χ3v) is 4.96. The standard InChI is InChI=1S/C22H23N3O2/c1-27-19-10-7-16(8-11-19)9-12-22(26)24-18-5-2-4-17(14-18)20-15-23-21-6-3-13-25(20)21/h2,4-5,7-8,10-11,14-15H,3,6,9,12-13H2,1H3,(H,24,26). The molecule has 1 aromatic heterocycles. The summed E-state index contributed by atoms with van der Waals surface area (Å²) in [5.74, 6) is 1.99. The third-order valence-electron chi connectivity index (χ3n) is 4.96. The third kappa shape index (κ3) is 3.87. The maximum Gasteiger partial charge on any atom is 0.224 e. The molecular formula is C22H23N3O2. The highest BCUT2D eigenvalue weighted by molar-refractivity contribution is 5.91. The number of amides is 1. The topological polar surface area (TPSA) is 56.1 Å². The average molecular weight is 361 g/mol. The number of fused-ring (bicyclic) bond motifs is 1. The molecule has 3 aromatic rings. The Labute approximate surface area is 159 Å². The maximum atomic E-state index is 12.3. The Bertz CT molecular complexity index is 944. The lowest BCUT2D eigenvalue weighted by atomic mass is 10.1. The molecule has 0 bridgehead atoms. The number of ether oxygens (including phenoxy) is 1. The van der Waals surface area contributed by atoms with Gasteiger partial charge in [-0.25, -0.2) is 4.98 Å². The summed E-state index contributed by atoms with van der Waals surface area (Å²) in [6.45, 7) is 1.02. The lowest BCUT2D eigenvalue weighted by molar-refractivity contribution is -0.116. The number of hydrogen-bond acceptors (Lipinski definition) is 3. The fourth-order valence-corrected chi connectivity index (χ4v) is 3.52. The minimum Gasteiger partial charge on any atom is -0.497 e. The molecule has 1 amide bonds. The fourth-order valence-electron chi connectivity index (χ4n) is 3.52. The van der Waals surface area contributed by atoms with Crippen LogP contribution in [0.25, 0.3) is 11.3 Å². The van der Waals surface area contributed by atoms with Crippen LogP contribution in [0.3, 0.4) is 0 Å². The van der Waals surface area contributed by atoms with Crippen LogP contribution in [0.4, 0.5) is 5.69 Å². The molecule has 27 heavy (non-hydrogen) atoms. The summed E-state index contributed by atoms with van der Waals surface area (Å²) in [7, 11) is 1.65. The molecule has 1 aliphatic rings. The predicted octanol–water partition coefficient (Wildman–Crippen LogP) is 4.08. The zero-order valence-electron chi connectivity index (χ0n) is 15.4. The van der Waals surface area contributed by atoms with Crippen molar-refractivity contribution in [2.24, 2.45) is 0 Å². The van der Waals surface area contributed by atoms with Crippen LogP contribution in [0.2, 0.25) is 0 Å². The van der Waals surface area contributed by atoms with Crippen LogP contribution in [0.15, 0.2) is 54.7 Å². The van der Waals surface area contributed by atoms with Crippen LogP contribution in [0.5, 0.6) is 5.75 Å². The van der Waals surface area contributed by atoms with Crippen molar-refractivity contribution in [2.45, 2.75) is 32.2 Å². The van der Waals surface area contributed by atoms with Crippen LogP contribution < -0.4 is 10.1 Å². The van der Waals surface area contributed by atoms with E-state index in [0.29, 0.717) is 12.8 Å². The van der Waals surface area contributed by atoms with E-state index in [1.807, 2.05) is 48.7 Å². The number of imidazole rings is 1. The van der Waals surface area contributed by atoms with Gasteiger partial charge in [-0.05, 0) is 42.7 Å². The smallest absolute Gasteiger partial charge is 0.224 e. The highest BCUT2D eigenvalue weighted by Gasteiger charge is 2.16. The molecular weight excluding hydrogens is 338 g/mol. The number of hydrogen-bond donors (Lipinski definition) is 1. The SMILES string of the molecule is COc1ccc(CCC(=O)Nc2cccc(-c3cnc4n3CCC4)c2)cc1. The normalized spacial score (nSPS) is 12.6.